The molecular formula is C25H28N2O2S. The lowest BCUT2D eigenvalue weighted by molar-refractivity contribution is -0.120. The fourth-order valence-electron chi connectivity index (χ4n) is 5.00. The smallest absolute Gasteiger partial charge is 0.238 e. The minimum Gasteiger partial charge on any atom is -0.326 e. The molecule has 1 N–H and O–H groups in total. The lowest BCUT2D eigenvalue weighted by Crippen LogP contribution is -2.28. The summed E-state index contributed by atoms with van der Waals surface area (Å²) in [6.45, 7) is 0. The van der Waals surface area contributed by atoms with Crippen molar-refractivity contribution in [3.05, 3.63) is 59.2 Å². The molecule has 156 valence electrons. The Morgan fingerprint density at radius 2 is 1.70 bits per heavy atom. The van der Waals surface area contributed by atoms with E-state index < -0.39 is 0 Å². The summed E-state index contributed by atoms with van der Waals surface area (Å²) in [5.41, 5.74) is 5.75. The number of aryl methyl sites for hydroxylation is 2. The molecule has 1 aliphatic heterocycles. The maximum Gasteiger partial charge on any atom is 0.238 e. The molecule has 0 bridgehead atoms. The van der Waals surface area contributed by atoms with Crippen molar-refractivity contribution in [1.29, 1.82) is 0 Å². The van der Waals surface area contributed by atoms with Crippen LogP contribution in [0.1, 0.15) is 60.6 Å². The zero-order valence-corrected chi connectivity index (χ0v) is 18.0. The Morgan fingerprint density at radius 3 is 2.50 bits per heavy atom. The van der Waals surface area contributed by atoms with E-state index in [0.717, 1.165) is 55.5 Å². The van der Waals surface area contributed by atoms with Crippen LogP contribution in [-0.4, -0.2) is 17.6 Å². The zero-order valence-electron chi connectivity index (χ0n) is 17.2. The lowest BCUT2D eigenvalue weighted by atomic mass is 9.88. The van der Waals surface area contributed by atoms with Crippen LogP contribution in [0, 0.1) is 5.92 Å². The second-order valence-electron chi connectivity index (χ2n) is 8.68. The molecule has 2 aliphatic carbocycles. The third-order valence-corrected chi connectivity index (χ3v) is 7.88. The number of nitrogens with one attached hydrogen (secondary N) is 1. The van der Waals surface area contributed by atoms with Crippen LogP contribution in [0.25, 0.3) is 0 Å². The minimum atomic E-state index is -0.0138. The van der Waals surface area contributed by atoms with Crippen molar-refractivity contribution in [2.45, 2.75) is 56.7 Å². The van der Waals surface area contributed by atoms with Crippen LogP contribution in [0.15, 0.2) is 42.5 Å². The molecule has 4 nitrogen and oxygen atoms in total. The number of hydrogen-bond donors (Lipinski definition) is 1. The Hall–Kier alpha value is -2.27. The van der Waals surface area contributed by atoms with E-state index >= 15 is 0 Å². The molecular weight excluding hydrogens is 392 g/mol. The number of fused-ring (bicyclic) bond motifs is 1. The van der Waals surface area contributed by atoms with Crippen molar-refractivity contribution < 1.29 is 9.59 Å². The third-order valence-electron chi connectivity index (χ3n) is 6.67. The van der Waals surface area contributed by atoms with Gasteiger partial charge in [-0.25, -0.2) is 0 Å². The number of benzene rings is 2. The first-order chi connectivity index (χ1) is 14.7. The predicted molar refractivity (Wildman–Crippen MR) is 123 cm³/mol. The van der Waals surface area contributed by atoms with Gasteiger partial charge in [0, 0.05) is 17.3 Å². The summed E-state index contributed by atoms with van der Waals surface area (Å²) < 4.78 is 0. The summed E-state index contributed by atoms with van der Waals surface area (Å²) >= 11 is 1.67. The highest BCUT2D eigenvalue weighted by Crippen LogP contribution is 2.43. The fraction of sp³-hybridized carbons (Fsp3) is 0.440. The second-order valence-corrected chi connectivity index (χ2v) is 9.75. The maximum absolute atomic E-state index is 12.7. The molecule has 0 unspecified atom stereocenters. The van der Waals surface area contributed by atoms with Gasteiger partial charge in [0.1, 0.15) is 5.37 Å². The highest BCUT2D eigenvalue weighted by Gasteiger charge is 2.34. The molecule has 5 rings (SSSR count). The molecule has 1 saturated carbocycles. The Balaban J connectivity index is 1.32. The average molecular weight is 421 g/mol. The molecule has 2 aromatic rings. The van der Waals surface area contributed by atoms with Gasteiger partial charge in [-0.3, -0.25) is 14.5 Å². The topological polar surface area (TPSA) is 49.4 Å². The Morgan fingerprint density at radius 1 is 0.933 bits per heavy atom. The van der Waals surface area contributed by atoms with Crippen molar-refractivity contribution in [3.63, 3.8) is 0 Å². The maximum atomic E-state index is 12.7. The second kappa shape index (κ2) is 8.46. The van der Waals surface area contributed by atoms with E-state index in [2.05, 4.69) is 23.5 Å². The number of amides is 2. The Labute approximate surface area is 182 Å². The van der Waals surface area contributed by atoms with Crippen molar-refractivity contribution in [2.75, 3.05) is 16.0 Å². The highest BCUT2D eigenvalue weighted by molar-refractivity contribution is 8.00. The van der Waals surface area contributed by atoms with Crippen LogP contribution in [-0.2, 0) is 22.4 Å². The van der Waals surface area contributed by atoms with Gasteiger partial charge in [-0.15, -0.1) is 11.8 Å². The quantitative estimate of drug-likeness (QED) is 0.713. The molecule has 1 saturated heterocycles. The average Bonchev–Trinajstić information content (AvgIpc) is 3.40. The molecule has 1 atom stereocenters. The summed E-state index contributed by atoms with van der Waals surface area (Å²) in [5, 5.41) is 3.07. The largest absolute Gasteiger partial charge is 0.326 e. The minimum absolute atomic E-state index is 0.0138. The molecule has 2 amide bonds. The molecule has 3 aliphatic rings. The van der Waals surface area contributed by atoms with E-state index in [1.165, 1.54) is 24.0 Å². The summed E-state index contributed by atoms with van der Waals surface area (Å²) in [5.74, 6) is 0.962. The van der Waals surface area contributed by atoms with E-state index in [1.54, 1.807) is 11.8 Å². The predicted octanol–water partition coefficient (Wildman–Crippen LogP) is 5.47. The zero-order chi connectivity index (χ0) is 20.5. The number of carbonyl (C=O) groups excluding carboxylic acids is 2. The van der Waals surface area contributed by atoms with Crippen LogP contribution < -0.4 is 10.2 Å². The van der Waals surface area contributed by atoms with Gasteiger partial charge in [0.2, 0.25) is 11.8 Å². The molecule has 30 heavy (non-hydrogen) atoms. The molecule has 2 aromatic carbocycles. The lowest BCUT2D eigenvalue weighted by Gasteiger charge is -2.25. The van der Waals surface area contributed by atoms with Gasteiger partial charge in [0.05, 0.1) is 5.75 Å². The van der Waals surface area contributed by atoms with Crippen LogP contribution in [0.2, 0.25) is 0 Å². The van der Waals surface area contributed by atoms with Gasteiger partial charge in [-0.2, -0.15) is 0 Å². The van der Waals surface area contributed by atoms with E-state index in [-0.39, 0.29) is 23.1 Å². The van der Waals surface area contributed by atoms with Gasteiger partial charge in [0.25, 0.3) is 0 Å². The molecule has 1 heterocycles. The van der Waals surface area contributed by atoms with Crippen LogP contribution in [0.3, 0.4) is 0 Å². The summed E-state index contributed by atoms with van der Waals surface area (Å²) in [6, 6.07) is 14.5. The fourth-order valence-corrected chi connectivity index (χ4v) is 6.18. The van der Waals surface area contributed by atoms with Crippen molar-refractivity contribution in [2.24, 2.45) is 5.92 Å². The summed E-state index contributed by atoms with van der Waals surface area (Å²) in [6.07, 6.45) is 9.02. The third kappa shape index (κ3) is 3.87. The number of thioether (sulfide) groups is 1. The SMILES string of the molecule is O=C(Nc1ccc([C@@H]2SCC(=O)N2c2ccc3c(c2)CCC3)cc1)C1CCCCC1. The summed E-state index contributed by atoms with van der Waals surface area (Å²) in [7, 11) is 0. The molecule has 0 spiro atoms. The highest BCUT2D eigenvalue weighted by atomic mass is 32.2. The molecule has 0 aromatic heterocycles. The standard InChI is InChI=1S/C25H28N2O2S/c28-23-16-30-25(27(23)22-14-11-17-7-4-8-20(17)15-22)19-9-12-21(13-10-19)26-24(29)18-5-2-1-3-6-18/h9-15,18,25H,1-8,16H2,(H,26,29)/t25-/m0/s1. The number of anilines is 2. The summed E-state index contributed by atoms with van der Waals surface area (Å²) in [4.78, 5) is 27.2. The molecule has 0 radical (unpaired) electrons. The van der Waals surface area contributed by atoms with E-state index in [1.807, 2.05) is 29.2 Å². The molecule has 2 fully saturated rings. The number of carbonyl (C=O) groups is 2. The van der Waals surface area contributed by atoms with Crippen LogP contribution in [0.4, 0.5) is 11.4 Å². The number of nitrogens with zero attached hydrogens (tertiary/aromatic N) is 1. The van der Waals surface area contributed by atoms with Crippen LogP contribution >= 0.6 is 11.8 Å². The van der Waals surface area contributed by atoms with Gasteiger partial charge in [0.15, 0.2) is 0 Å². The Bertz CT molecular complexity index is 950. The van der Waals surface area contributed by atoms with Gasteiger partial charge in [-0.05, 0) is 73.1 Å². The molecule has 5 heteroatoms. The van der Waals surface area contributed by atoms with Crippen molar-refractivity contribution in [1.82, 2.24) is 0 Å². The van der Waals surface area contributed by atoms with Gasteiger partial charge >= 0.3 is 0 Å². The van der Waals surface area contributed by atoms with Gasteiger partial charge in [-0.1, -0.05) is 37.5 Å². The first-order valence-electron chi connectivity index (χ1n) is 11.2. The van der Waals surface area contributed by atoms with Crippen molar-refractivity contribution in [3.8, 4) is 0 Å². The van der Waals surface area contributed by atoms with Crippen LogP contribution in [0.5, 0.6) is 0 Å². The first kappa shape index (κ1) is 19.7. The van der Waals surface area contributed by atoms with E-state index in [4.69, 9.17) is 0 Å². The normalized spacial score (nSPS) is 21.7. The Kier molecular flexibility index (Phi) is 5.55. The monoisotopic (exact) mass is 420 g/mol. The first-order valence-corrected chi connectivity index (χ1v) is 12.2. The van der Waals surface area contributed by atoms with Crippen molar-refractivity contribution >= 4 is 35.0 Å². The van der Waals surface area contributed by atoms with E-state index in [9.17, 15) is 9.59 Å². The number of rotatable bonds is 4. The van der Waals surface area contributed by atoms with Gasteiger partial charge < -0.3 is 5.32 Å². The number of hydrogen-bond acceptors (Lipinski definition) is 3. The van der Waals surface area contributed by atoms with E-state index in [0.29, 0.717) is 5.75 Å².